The molecule has 8 heteroatoms. The SMILES string of the molecule is CCCCCCCCCC[C@@H](OC(=O)[C@@](OC)(c1ccccc1)C(F)(F)F)c1nccs1. The second kappa shape index (κ2) is 12.9. The third-order valence-corrected chi connectivity index (χ3v) is 6.34. The molecule has 0 N–H and O–H groups in total. The van der Waals surface area contributed by atoms with Gasteiger partial charge in [0.25, 0.3) is 5.60 Å². The quantitative estimate of drug-likeness (QED) is 0.213. The summed E-state index contributed by atoms with van der Waals surface area (Å²) in [6.07, 6.45) is 4.85. The number of rotatable bonds is 14. The van der Waals surface area contributed by atoms with Crippen molar-refractivity contribution in [1.29, 1.82) is 0 Å². The van der Waals surface area contributed by atoms with Gasteiger partial charge in [-0.15, -0.1) is 11.3 Å². The van der Waals surface area contributed by atoms with E-state index in [-0.39, 0.29) is 5.56 Å². The van der Waals surface area contributed by atoms with E-state index < -0.39 is 23.9 Å². The number of aromatic nitrogens is 1. The first-order valence-corrected chi connectivity index (χ1v) is 12.0. The number of unbranched alkanes of at least 4 members (excludes halogenated alkanes) is 7. The molecule has 1 aromatic carbocycles. The van der Waals surface area contributed by atoms with Crippen molar-refractivity contribution in [2.75, 3.05) is 7.11 Å². The molecule has 0 saturated carbocycles. The molecule has 0 radical (unpaired) electrons. The molecule has 4 nitrogen and oxygen atoms in total. The van der Waals surface area contributed by atoms with Crippen molar-refractivity contribution in [2.24, 2.45) is 0 Å². The number of methoxy groups -OCH3 is 1. The van der Waals surface area contributed by atoms with Gasteiger partial charge in [0, 0.05) is 24.3 Å². The zero-order valence-electron chi connectivity index (χ0n) is 18.7. The summed E-state index contributed by atoms with van der Waals surface area (Å²) in [5.41, 5.74) is -3.51. The fourth-order valence-electron chi connectivity index (χ4n) is 3.69. The molecule has 2 rings (SSSR count). The van der Waals surface area contributed by atoms with Crippen LogP contribution in [-0.2, 0) is 19.9 Å². The van der Waals surface area contributed by atoms with Crippen molar-refractivity contribution in [2.45, 2.75) is 82.6 Å². The van der Waals surface area contributed by atoms with E-state index in [1.807, 2.05) is 0 Å². The second-order valence-corrected chi connectivity index (χ2v) is 8.70. The van der Waals surface area contributed by atoms with Crippen LogP contribution in [0.1, 0.15) is 81.4 Å². The molecular formula is C24H32F3NO3S. The number of ether oxygens (including phenoxy) is 2. The lowest BCUT2D eigenvalue weighted by atomic mass is 9.92. The van der Waals surface area contributed by atoms with E-state index >= 15 is 0 Å². The molecule has 0 aliphatic carbocycles. The maximum Gasteiger partial charge on any atom is 0.432 e. The lowest BCUT2D eigenvalue weighted by Gasteiger charge is -2.33. The lowest BCUT2D eigenvalue weighted by Crippen LogP contribution is -2.52. The summed E-state index contributed by atoms with van der Waals surface area (Å²) >= 11 is 1.26. The van der Waals surface area contributed by atoms with Crippen molar-refractivity contribution in [3.63, 3.8) is 0 Å². The zero-order valence-corrected chi connectivity index (χ0v) is 19.5. The number of thiazole rings is 1. The van der Waals surface area contributed by atoms with Crippen LogP contribution in [0.4, 0.5) is 13.2 Å². The molecule has 0 aliphatic heterocycles. The van der Waals surface area contributed by atoms with Gasteiger partial charge in [0.05, 0.1) is 0 Å². The molecule has 0 bridgehead atoms. The minimum absolute atomic E-state index is 0.315. The fraction of sp³-hybridized carbons (Fsp3) is 0.583. The molecule has 0 saturated heterocycles. The Bertz CT molecular complexity index is 784. The van der Waals surface area contributed by atoms with Crippen LogP contribution >= 0.6 is 11.3 Å². The average molecular weight is 472 g/mol. The first kappa shape index (κ1) is 26.3. The normalized spacial score (nSPS) is 14.7. The van der Waals surface area contributed by atoms with E-state index in [2.05, 4.69) is 11.9 Å². The van der Waals surface area contributed by atoms with Gasteiger partial charge in [0.1, 0.15) is 5.01 Å². The number of alkyl halides is 3. The number of esters is 1. The summed E-state index contributed by atoms with van der Waals surface area (Å²) in [7, 11) is 0.874. The molecular weight excluding hydrogens is 439 g/mol. The minimum atomic E-state index is -4.99. The molecule has 2 atom stereocenters. The van der Waals surface area contributed by atoms with Gasteiger partial charge in [-0.2, -0.15) is 13.2 Å². The summed E-state index contributed by atoms with van der Waals surface area (Å²) in [4.78, 5) is 17.2. The Balaban J connectivity index is 2.09. The highest BCUT2D eigenvalue weighted by Gasteiger charge is 2.64. The summed E-state index contributed by atoms with van der Waals surface area (Å²) in [5, 5.41) is 2.20. The van der Waals surface area contributed by atoms with Crippen molar-refractivity contribution < 1.29 is 27.4 Å². The molecule has 178 valence electrons. The Labute approximate surface area is 192 Å². The predicted octanol–water partition coefficient (Wildman–Crippen LogP) is 7.36. The Morgan fingerprint density at radius 3 is 2.19 bits per heavy atom. The first-order chi connectivity index (χ1) is 15.4. The maximum absolute atomic E-state index is 14.1. The lowest BCUT2D eigenvalue weighted by molar-refractivity contribution is -0.278. The zero-order chi connectivity index (χ0) is 23.5. The van der Waals surface area contributed by atoms with Gasteiger partial charge >= 0.3 is 12.1 Å². The molecule has 1 heterocycles. The van der Waals surface area contributed by atoms with E-state index in [9.17, 15) is 18.0 Å². The smallest absolute Gasteiger partial charge is 0.432 e. The number of nitrogens with zero attached hydrogens (tertiary/aromatic N) is 1. The third kappa shape index (κ3) is 6.78. The van der Waals surface area contributed by atoms with Gasteiger partial charge in [-0.25, -0.2) is 9.78 Å². The monoisotopic (exact) mass is 471 g/mol. The Morgan fingerprint density at radius 1 is 1.03 bits per heavy atom. The number of hydrogen-bond acceptors (Lipinski definition) is 5. The van der Waals surface area contributed by atoms with E-state index in [4.69, 9.17) is 9.47 Å². The average Bonchev–Trinajstić information content (AvgIpc) is 3.30. The largest absolute Gasteiger partial charge is 0.452 e. The maximum atomic E-state index is 14.1. The Morgan fingerprint density at radius 2 is 1.66 bits per heavy atom. The fourth-order valence-corrected chi connectivity index (χ4v) is 4.39. The van der Waals surface area contributed by atoms with Crippen LogP contribution in [0.2, 0.25) is 0 Å². The van der Waals surface area contributed by atoms with Crippen molar-refractivity contribution in [3.8, 4) is 0 Å². The van der Waals surface area contributed by atoms with Gasteiger partial charge in [-0.3, -0.25) is 0 Å². The van der Waals surface area contributed by atoms with Crippen LogP contribution < -0.4 is 0 Å². The van der Waals surface area contributed by atoms with E-state index in [1.54, 1.807) is 17.6 Å². The Hall–Kier alpha value is -1.93. The Kier molecular flexibility index (Phi) is 10.6. The summed E-state index contributed by atoms with van der Waals surface area (Å²) in [6.45, 7) is 2.18. The van der Waals surface area contributed by atoms with Gasteiger partial charge in [-0.1, -0.05) is 82.2 Å². The van der Waals surface area contributed by atoms with Crippen molar-refractivity contribution in [1.82, 2.24) is 4.98 Å². The molecule has 32 heavy (non-hydrogen) atoms. The summed E-state index contributed by atoms with van der Waals surface area (Å²) < 4.78 is 52.7. The first-order valence-electron chi connectivity index (χ1n) is 11.1. The minimum Gasteiger partial charge on any atom is -0.452 e. The van der Waals surface area contributed by atoms with Crippen LogP contribution in [-0.4, -0.2) is 24.2 Å². The third-order valence-electron chi connectivity index (χ3n) is 5.47. The van der Waals surface area contributed by atoms with Crippen LogP contribution in [0.3, 0.4) is 0 Å². The van der Waals surface area contributed by atoms with Crippen LogP contribution in [0.15, 0.2) is 41.9 Å². The predicted molar refractivity (Wildman–Crippen MR) is 119 cm³/mol. The highest BCUT2D eigenvalue weighted by Crippen LogP contribution is 2.44. The number of carbonyl (C=O) groups is 1. The molecule has 2 aromatic rings. The van der Waals surface area contributed by atoms with Crippen molar-refractivity contribution >= 4 is 17.3 Å². The van der Waals surface area contributed by atoms with E-state index in [0.29, 0.717) is 11.4 Å². The topological polar surface area (TPSA) is 48.4 Å². The number of carbonyl (C=O) groups excluding carboxylic acids is 1. The van der Waals surface area contributed by atoms with Crippen LogP contribution in [0.25, 0.3) is 0 Å². The number of benzene rings is 1. The number of hydrogen-bond donors (Lipinski definition) is 0. The molecule has 0 unspecified atom stereocenters. The molecule has 0 amide bonds. The van der Waals surface area contributed by atoms with Gasteiger partial charge in [0.2, 0.25) is 0 Å². The summed E-state index contributed by atoms with van der Waals surface area (Å²) in [5.74, 6) is -1.47. The van der Waals surface area contributed by atoms with E-state index in [1.165, 1.54) is 61.3 Å². The van der Waals surface area contributed by atoms with Crippen LogP contribution in [0.5, 0.6) is 0 Å². The summed E-state index contributed by atoms with van der Waals surface area (Å²) in [6, 6.07) is 6.87. The van der Waals surface area contributed by atoms with E-state index in [0.717, 1.165) is 32.8 Å². The van der Waals surface area contributed by atoms with Crippen molar-refractivity contribution in [3.05, 3.63) is 52.5 Å². The van der Waals surface area contributed by atoms with Gasteiger partial charge < -0.3 is 9.47 Å². The highest BCUT2D eigenvalue weighted by atomic mass is 32.1. The standard InChI is InChI=1S/C24H32F3NO3S/c1-3-4-5-6-7-8-9-13-16-20(21-28-17-18-32-21)31-22(29)23(30-2,24(25,26)27)19-14-11-10-12-15-19/h10-12,14-15,17-18,20H,3-9,13,16H2,1-2H3/t20-,23+/m1/s1. The molecule has 0 fully saturated rings. The highest BCUT2D eigenvalue weighted by molar-refractivity contribution is 7.09. The molecule has 0 aliphatic rings. The molecule has 1 aromatic heterocycles. The molecule has 0 spiro atoms. The number of halogens is 3. The van der Waals surface area contributed by atoms with Crippen LogP contribution in [0, 0.1) is 0 Å². The van der Waals surface area contributed by atoms with Gasteiger partial charge in [0.15, 0.2) is 6.10 Å². The second-order valence-electron chi connectivity index (χ2n) is 7.78. The van der Waals surface area contributed by atoms with Gasteiger partial charge in [-0.05, 0) is 12.8 Å².